The fourth-order valence-corrected chi connectivity index (χ4v) is 4.09. The Labute approximate surface area is 204 Å². The third kappa shape index (κ3) is 6.69. The SMILES string of the molecule is COc1ncc(-c2csc(Nc3ccc(OCCCCc4ccccc4)c(C(F)(F)F)c3)n2)cn1. The van der Waals surface area contributed by atoms with Crippen LogP contribution in [0.25, 0.3) is 11.3 Å². The van der Waals surface area contributed by atoms with E-state index in [2.05, 4.69) is 20.3 Å². The molecule has 0 fully saturated rings. The monoisotopic (exact) mass is 500 g/mol. The first-order valence-corrected chi connectivity index (χ1v) is 11.8. The fourth-order valence-electron chi connectivity index (χ4n) is 3.35. The largest absolute Gasteiger partial charge is 0.493 e. The molecule has 0 aliphatic carbocycles. The van der Waals surface area contributed by atoms with E-state index in [-0.39, 0.29) is 24.1 Å². The Morgan fingerprint density at radius 3 is 2.49 bits per heavy atom. The first-order chi connectivity index (χ1) is 16.9. The standard InChI is InChI=1S/C25H23F3N4O2S/c1-33-23-29-14-18(15-30-23)21-16-35-24(32-21)31-19-10-11-22(20(13-19)25(26,27)28)34-12-6-5-9-17-7-3-2-4-8-17/h2-4,7-8,10-11,13-16H,5-6,9,12H2,1H3,(H,31,32). The first-order valence-electron chi connectivity index (χ1n) is 10.9. The van der Waals surface area contributed by atoms with Gasteiger partial charge in [0.25, 0.3) is 0 Å². The number of halogens is 3. The van der Waals surface area contributed by atoms with Gasteiger partial charge < -0.3 is 14.8 Å². The molecule has 4 rings (SSSR count). The molecule has 0 saturated heterocycles. The van der Waals surface area contributed by atoms with Gasteiger partial charge in [-0.25, -0.2) is 15.0 Å². The maximum absolute atomic E-state index is 13.7. The lowest BCUT2D eigenvalue weighted by Gasteiger charge is -2.15. The summed E-state index contributed by atoms with van der Waals surface area (Å²) in [4.78, 5) is 12.5. The summed E-state index contributed by atoms with van der Waals surface area (Å²) >= 11 is 1.26. The molecular formula is C25H23F3N4O2S. The second kappa shape index (κ2) is 11.2. The lowest BCUT2D eigenvalue weighted by Crippen LogP contribution is -2.10. The molecule has 0 saturated carbocycles. The van der Waals surface area contributed by atoms with Crippen LogP contribution >= 0.6 is 11.3 Å². The third-order valence-electron chi connectivity index (χ3n) is 5.11. The van der Waals surface area contributed by atoms with Crippen LogP contribution in [0.3, 0.4) is 0 Å². The van der Waals surface area contributed by atoms with Crippen LogP contribution in [0.1, 0.15) is 24.0 Å². The second-order valence-corrected chi connectivity index (χ2v) is 8.48. The van der Waals surface area contributed by atoms with Crippen molar-refractivity contribution in [3.63, 3.8) is 0 Å². The molecule has 0 atom stereocenters. The number of nitrogens with one attached hydrogen (secondary N) is 1. The topological polar surface area (TPSA) is 69.2 Å². The number of hydrogen-bond donors (Lipinski definition) is 1. The maximum atomic E-state index is 13.7. The molecule has 0 aliphatic rings. The van der Waals surface area contributed by atoms with Gasteiger partial charge in [0.15, 0.2) is 5.13 Å². The summed E-state index contributed by atoms with van der Waals surface area (Å²) in [6, 6.07) is 14.1. The molecule has 2 aromatic heterocycles. The predicted octanol–water partition coefficient (Wildman–Crippen LogP) is 6.77. The summed E-state index contributed by atoms with van der Waals surface area (Å²) in [6.45, 7) is 0.211. The van der Waals surface area contributed by atoms with Gasteiger partial charge in [0.05, 0.1) is 25.0 Å². The highest BCUT2D eigenvalue weighted by molar-refractivity contribution is 7.14. The minimum Gasteiger partial charge on any atom is -0.493 e. The fraction of sp³-hybridized carbons (Fsp3) is 0.240. The third-order valence-corrected chi connectivity index (χ3v) is 5.86. The maximum Gasteiger partial charge on any atom is 0.420 e. The Balaban J connectivity index is 1.38. The lowest BCUT2D eigenvalue weighted by molar-refractivity contribution is -0.138. The summed E-state index contributed by atoms with van der Waals surface area (Å²) in [5.41, 5.74) is 1.91. The van der Waals surface area contributed by atoms with Gasteiger partial charge in [0, 0.05) is 29.0 Å². The van der Waals surface area contributed by atoms with E-state index in [0.29, 0.717) is 22.8 Å². The molecule has 10 heteroatoms. The van der Waals surface area contributed by atoms with E-state index >= 15 is 0 Å². The Bertz CT molecular complexity index is 1230. The molecule has 182 valence electrons. The minimum absolute atomic E-state index is 0.182. The molecule has 6 nitrogen and oxygen atoms in total. The number of anilines is 2. The number of methoxy groups -OCH3 is 1. The molecule has 0 spiro atoms. The summed E-state index contributed by atoms with van der Waals surface area (Å²) < 4.78 is 51.6. The van der Waals surface area contributed by atoms with Crippen LogP contribution in [-0.4, -0.2) is 28.7 Å². The summed E-state index contributed by atoms with van der Waals surface area (Å²) in [7, 11) is 1.47. The van der Waals surface area contributed by atoms with Gasteiger partial charge >= 0.3 is 12.2 Å². The normalized spacial score (nSPS) is 11.3. The van der Waals surface area contributed by atoms with E-state index in [0.717, 1.165) is 18.9 Å². The van der Waals surface area contributed by atoms with E-state index in [9.17, 15) is 13.2 Å². The zero-order valence-electron chi connectivity index (χ0n) is 18.9. The van der Waals surface area contributed by atoms with Crippen LogP contribution in [0.2, 0.25) is 0 Å². The highest BCUT2D eigenvalue weighted by Crippen LogP contribution is 2.39. The van der Waals surface area contributed by atoms with Gasteiger partial charge in [-0.15, -0.1) is 11.3 Å². The van der Waals surface area contributed by atoms with Crippen LogP contribution in [0, 0.1) is 0 Å². The average Bonchev–Trinajstić information content (AvgIpc) is 3.33. The predicted molar refractivity (Wildman–Crippen MR) is 129 cm³/mol. The number of alkyl halides is 3. The molecule has 0 radical (unpaired) electrons. The molecule has 1 N–H and O–H groups in total. The number of unbranched alkanes of at least 4 members (excludes halogenated alkanes) is 1. The number of aryl methyl sites for hydroxylation is 1. The van der Waals surface area contributed by atoms with Crippen LogP contribution in [-0.2, 0) is 12.6 Å². The van der Waals surface area contributed by atoms with Gasteiger partial charge in [-0.3, -0.25) is 0 Å². The lowest BCUT2D eigenvalue weighted by atomic mass is 10.1. The van der Waals surface area contributed by atoms with Crippen molar-refractivity contribution in [3.05, 3.63) is 77.4 Å². The number of hydrogen-bond acceptors (Lipinski definition) is 7. The van der Waals surface area contributed by atoms with Gasteiger partial charge in [-0.05, 0) is 43.0 Å². The summed E-state index contributed by atoms with van der Waals surface area (Å²) in [5, 5.41) is 5.15. The van der Waals surface area contributed by atoms with Crippen LogP contribution in [0.15, 0.2) is 66.3 Å². The van der Waals surface area contributed by atoms with E-state index in [4.69, 9.17) is 9.47 Å². The van der Waals surface area contributed by atoms with Crippen molar-refractivity contribution in [2.75, 3.05) is 19.0 Å². The average molecular weight is 501 g/mol. The van der Waals surface area contributed by atoms with Crippen molar-refractivity contribution in [2.24, 2.45) is 0 Å². The quantitative estimate of drug-likeness (QED) is 0.242. The van der Waals surface area contributed by atoms with E-state index in [1.54, 1.807) is 23.8 Å². The van der Waals surface area contributed by atoms with E-state index in [1.807, 2.05) is 30.3 Å². The Morgan fingerprint density at radius 2 is 1.77 bits per heavy atom. The second-order valence-electron chi connectivity index (χ2n) is 7.62. The molecule has 0 unspecified atom stereocenters. The molecule has 0 aliphatic heterocycles. The highest BCUT2D eigenvalue weighted by atomic mass is 32.1. The van der Waals surface area contributed by atoms with Crippen molar-refractivity contribution in [1.82, 2.24) is 15.0 Å². The highest BCUT2D eigenvalue weighted by Gasteiger charge is 2.34. The molecule has 35 heavy (non-hydrogen) atoms. The zero-order valence-corrected chi connectivity index (χ0v) is 19.7. The molecule has 4 aromatic rings. The van der Waals surface area contributed by atoms with Crippen LogP contribution < -0.4 is 14.8 Å². The number of thiazole rings is 1. The Hall–Kier alpha value is -3.66. The van der Waals surface area contributed by atoms with Crippen molar-refractivity contribution in [1.29, 1.82) is 0 Å². The van der Waals surface area contributed by atoms with E-state index < -0.39 is 11.7 Å². The zero-order chi connectivity index (χ0) is 24.7. The van der Waals surface area contributed by atoms with Crippen molar-refractivity contribution in [2.45, 2.75) is 25.4 Å². The Kier molecular flexibility index (Phi) is 7.81. The van der Waals surface area contributed by atoms with Crippen molar-refractivity contribution >= 4 is 22.2 Å². The van der Waals surface area contributed by atoms with Gasteiger partial charge in [-0.1, -0.05) is 30.3 Å². The van der Waals surface area contributed by atoms with Crippen LogP contribution in [0.5, 0.6) is 11.8 Å². The summed E-state index contributed by atoms with van der Waals surface area (Å²) in [5.74, 6) is -0.182. The van der Waals surface area contributed by atoms with Crippen LogP contribution in [0.4, 0.5) is 24.0 Å². The number of rotatable bonds is 10. The molecular weight excluding hydrogens is 477 g/mol. The molecule has 2 heterocycles. The van der Waals surface area contributed by atoms with E-state index in [1.165, 1.54) is 30.1 Å². The molecule has 2 aromatic carbocycles. The van der Waals surface area contributed by atoms with Crippen molar-refractivity contribution < 1.29 is 22.6 Å². The number of nitrogens with zero attached hydrogens (tertiary/aromatic N) is 3. The number of ether oxygens (including phenoxy) is 2. The first kappa shape index (κ1) is 24.5. The minimum atomic E-state index is -4.55. The number of benzene rings is 2. The van der Waals surface area contributed by atoms with Gasteiger partial charge in [-0.2, -0.15) is 13.2 Å². The van der Waals surface area contributed by atoms with Gasteiger partial charge in [0.1, 0.15) is 5.75 Å². The summed E-state index contributed by atoms with van der Waals surface area (Å²) in [6.07, 6.45) is 0.930. The molecule has 0 amide bonds. The van der Waals surface area contributed by atoms with Gasteiger partial charge in [0.2, 0.25) is 0 Å². The number of aromatic nitrogens is 3. The smallest absolute Gasteiger partial charge is 0.420 e. The Morgan fingerprint density at radius 1 is 1.00 bits per heavy atom. The molecule has 0 bridgehead atoms. The van der Waals surface area contributed by atoms with Crippen molar-refractivity contribution in [3.8, 4) is 23.0 Å².